The molecule has 0 saturated carbocycles. The molecule has 1 aromatic rings. The van der Waals surface area contributed by atoms with E-state index in [-0.39, 0.29) is 17.4 Å². The molecular formula is C14H16ClFO. The first-order valence-corrected chi connectivity index (χ1v) is 6.14. The molecule has 1 rings (SSSR count). The Hall–Kier alpha value is -1.20. The summed E-state index contributed by atoms with van der Waals surface area (Å²) in [7, 11) is 0. The van der Waals surface area contributed by atoms with Gasteiger partial charge in [0.25, 0.3) is 0 Å². The third-order valence-electron chi connectivity index (χ3n) is 2.18. The molecule has 0 atom stereocenters. The monoisotopic (exact) mass is 254 g/mol. The second kappa shape index (κ2) is 7.19. The highest BCUT2D eigenvalue weighted by Crippen LogP contribution is 2.19. The summed E-state index contributed by atoms with van der Waals surface area (Å²) in [5, 5.41) is 0. The molecule has 0 aliphatic rings. The lowest BCUT2D eigenvalue weighted by Crippen LogP contribution is -2.02. The first-order chi connectivity index (χ1) is 8.13. The number of hydrogen-bond acceptors (Lipinski definition) is 1. The molecule has 0 amide bonds. The SMILES string of the molecule is CC(C)CCOc1cc(C#CCCl)ccc1F. The fourth-order valence-corrected chi connectivity index (χ4v) is 1.30. The van der Waals surface area contributed by atoms with Crippen molar-refractivity contribution in [3.05, 3.63) is 29.6 Å². The third kappa shape index (κ3) is 5.10. The Labute approximate surface area is 107 Å². The number of hydrogen-bond donors (Lipinski definition) is 0. The lowest BCUT2D eigenvalue weighted by Gasteiger charge is -2.09. The van der Waals surface area contributed by atoms with Crippen molar-refractivity contribution in [2.75, 3.05) is 12.5 Å². The molecule has 0 aliphatic carbocycles. The largest absolute Gasteiger partial charge is 0.490 e. The normalized spacial score (nSPS) is 9.94. The topological polar surface area (TPSA) is 9.23 Å². The van der Waals surface area contributed by atoms with E-state index in [2.05, 4.69) is 25.7 Å². The zero-order valence-corrected chi connectivity index (χ0v) is 10.9. The van der Waals surface area contributed by atoms with E-state index < -0.39 is 0 Å². The minimum absolute atomic E-state index is 0.257. The smallest absolute Gasteiger partial charge is 0.165 e. The van der Waals surface area contributed by atoms with Crippen LogP contribution < -0.4 is 4.74 Å². The lowest BCUT2D eigenvalue weighted by molar-refractivity contribution is 0.276. The molecule has 0 spiro atoms. The maximum Gasteiger partial charge on any atom is 0.165 e. The van der Waals surface area contributed by atoms with E-state index in [4.69, 9.17) is 16.3 Å². The van der Waals surface area contributed by atoms with Crippen LogP contribution in [0, 0.1) is 23.6 Å². The Kier molecular flexibility index (Phi) is 5.86. The second-order valence-electron chi connectivity index (χ2n) is 4.11. The van der Waals surface area contributed by atoms with Gasteiger partial charge in [-0.05, 0) is 30.5 Å². The van der Waals surface area contributed by atoms with Gasteiger partial charge in [0.2, 0.25) is 0 Å². The molecule has 1 aromatic carbocycles. The van der Waals surface area contributed by atoms with Crippen LogP contribution in [0.1, 0.15) is 25.8 Å². The van der Waals surface area contributed by atoms with Gasteiger partial charge in [0.1, 0.15) is 0 Å². The molecular weight excluding hydrogens is 239 g/mol. The van der Waals surface area contributed by atoms with Crippen LogP contribution in [0.4, 0.5) is 4.39 Å². The number of rotatable bonds is 4. The van der Waals surface area contributed by atoms with Crippen LogP contribution in [-0.4, -0.2) is 12.5 Å². The maximum atomic E-state index is 13.4. The van der Waals surface area contributed by atoms with Crippen molar-refractivity contribution < 1.29 is 9.13 Å². The molecule has 0 bridgehead atoms. The second-order valence-corrected chi connectivity index (χ2v) is 4.38. The lowest BCUT2D eigenvalue weighted by atomic mass is 10.1. The van der Waals surface area contributed by atoms with Crippen molar-refractivity contribution >= 4 is 11.6 Å². The highest BCUT2D eigenvalue weighted by atomic mass is 35.5. The molecule has 0 aromatic heterocycles. The first-order valence-electron chi connectivity index (χ1n) is 5.60. The van der Waals surface area contributed by atoms with Gasteiger partial charge in [0, 0.05) is 5.56 Å². The summed E-state index contributed by atoms with van der Waals surface area (Å²) in [6, 6.07) is 4.59. The quantitative estimate of drug-likeness (QED) is 0.586. The van der Waals surface area contributed by atoms with E-state index in [1.165, 1.54) is 6.07 Å². The van der Waals surface area contributed by atoms with Gasteiger partial charge in [-0.3, -0.25) is 0 Å². The van der Waals surface area contributed by atoms with Crippen LogP contribution in [0.5, 0.6) is 5.75 Å². The van der Waals surface area contributed by atoms with Crippen molar-refractivity contribution in [3.63, 3.8) is 0 Å². The summed E-state index contributed by atoms with van der Waals surface area (Å²) in [4.78, 5) is 0. The van der Waals surface area contributed by atoms with Gasteiger partial charge >= 0.3 is 0 Å². The molecule has 0 heterocycles. The predicted octanol–water partition coefficient (Wildman–Crippen LogP) is 3.84. The molecule has 92 valence electrons. The van der Waals surface area contributed by atoms with E-state index >= 15 is 0 Å². The zero-order chi connectivity index (χ0) is 12.7. The number of benzene rings is 1. The molecule has 3 heteroatoms. The summed E-state index contributed by atoms with van der Waals surface area (Å²) in [5.41, 5.74) is 0.714. The number of halogens is 2. The summed E-state index contributed by atoms with van der Waals surface area (Å²) < 4.78 is 18.8. The van der Waals surface area contributed by atoms with Gasteiger partial charge < -0.3 is 4.74 Å². The van der Waals surface area contributed by atoms with Crippen LogP contribution in [0.25, 0.3) is 0 Å². The summed E-state index contributed by atoms with van der Waals surface area (Å²) in [5.74, 6) is 6.26. The van der Waals surface area contributed by atoms with Crippen molar-refractivity contribution in [2.45, 2.75) is 20.3 Å². The van der Waals surface area contributed by atoms with E-state index in [0.29, 0.717) is 18.1 Å². The predicted molar refractivity (Wildman–Crippen MR) is 68.9 cm³/mol. The minimum Gasteiger partial charge on any atom is -0.490 e. The van der Waals surface area contributed by atoms with Crippen molar-refractivity contribution in [1.29, 1.82) is 0 Å². The Morgan fingerprint density at radius 2 is 2.18 bits per heavy atom. The van der Waals surface area contributed by atoms with Crippen LogP contribution >= 0.6 is 11.6 Å². The average molecular weight is 255 g/mol. The Morgan fingerprint density at radius 3 is 2.82 bits per heavy atom. The van der Waals surface area contributed by atoms with E-state index in [9.17, 15) is 4.39 Å². The van der Waals surface area contributed by atoms with Crippen molar-refractivity contribution in [1.82, 2.24) is 0 Å². The first kappa shape index (κ1) is 13.9. The molecule has 0 N–H and O–H groups in total. The summed E-state index contributed by atoms with van der Waals surface area (Å²) >= 11 is 5.46. The molecule has 0 fully saturated rings. The van der Waals surface area contributed by atoms with Gasteiger partial charge in [-0.15, -0.1) is 11.6 Å². The Morgan fingerprint density at radius 1 is 1.41 bits per heavy atom. The third-order valence-corrected chi connectivity index (χ3v) is 2.32. The summed E-state index contributed by atoms with van der Waals surface area (Å²) in [6.45, 7) is 4.71. The number of alkyl halides is 1. The molecule has 0 aliphatic heterocycles. The molecule has 0 saturated heterocycles. The van der Waals surface area contributed by atoms with Gasteiger partial charge in [-0.2, -0.15) is 0 Å². The summed E-state index contributed by atoms with van der Waals surface area (Å²) in [6.07, 6.45) is 0.900. The molecule has 17 heavy (non-hydrogen) atoms. The fourth-order valence-electron chi connectivity index (χ4n) is 1.23. The van der Waals surface area contributed by atoms with E-state index in [1.807, 2.05) is 0 Å². The van der Waals surface area contributed by atoms with Crippen molar-refractivity contribution in [3.8, 4) is 17.6 Å². The highest BCUT2D eigenvalue weighted by molar-refractivity contribution is 6.19. The number of ether oxygens (including phenoxy) is 1. The standard InChI is InChI=1S/C14H16ClFO/c1-11(2)7-9-17-14-10-12(4-3-8-15)5-6-13(14)16/h5-6,10-11H,7-9H2,1-2H3. The highest BCUT2D eigenvalue weighted by Gasteiger charge is 2.04. The average Bonchev–Trinajstić information content (AvgIpc) is 2.29. The van der Waals surface area contributed by atoms with Crippen molar-refractivity contribution in [2.24, 2.45) is 5.92 Å². The van der Waals surface area contributed by atoms with Gasteiger partial charge in [-0.1, -0.05) is 25.7 Å². The van der Waals surface area contributed by atoms with Gasteiger partial charge in [-0.25, -0.2) is 4.39 Å². The van der Waals surface area contributed by atoms with Crippen LogP contribution in [-0.2, 0) is 0 Å². The fraction of sp³-hybridized carbons (Fsp3) is 0.429. The van der Waals surface area contributed by atoms with E-state index in [0.717, 1.165) is 6.42 Å². The van der Waals surface area contributed by atoms with Crippen LogP contribution in [0.3, 0.4) is 0 Å². The molecule has 1 nitrogen and oxygen atoms in total. The Bertz CT molecular complexity index is 418. The van der Waals surface area contributed by atoms with Crippen LogP contribution in [0.2, 0.25) is 0 Å². The molecule has 0 unspecified atom stereocenters. The van der Waals surface area contributed by atoms with E-state index in [1.54, 1.807) is 12.1 Å². The maximum absolute atomic E-state index is 13.4. The van der Waals surface area contributed by atoms with Crippen LogP contribution in [0.15, 0.2) is 18.2 Å². The Balaban J connectivity index is 2.69. The minimum atomic E-state index is -0.356. The van der Waals surface area contributed by atoms with Gasteiger partial charge in [0.15, 0.2) is 11.6 Å². The molecule has 0 radical (unpaired) electrons. The van der Waals surface area contributed by atoms with Gasteiger partial charge in [0.05, 0.1) is 12.5 Å². The zero-order valence-electron chi connectivity index (χ0n) is 10.1.